The maximum absolute atomic E-state index is 14.6. The van der Waals surface area contributed by atoms with Crippen molar-refractivity contribution in [3.05, 3.63) is 58.9 Å². The number of nitrogens with zero attached hydrogens (tertiary/aromatic N) is 2. The van der Waals surface area contributed by atoms with E-state index < -0.39 is 17.2 Å². The summed E-state index contributed by atoms with van der Waals surface area (Å²) in [7, 11) is 1.67. The molecule has 39 heavy (non-hydrogen) atoms. The van der Waals surface area contributed by atoms with Crippen molar-refractivity contribution in [1.82, 2.24) is 15.1 Å². The molecular formula is C27H30BFN4O6. The van der Waals surface area contributed by atoms with Crippen molar-refractivity contribution >= 4 is 37.3 Å². The third kappa shape index (κ3) is 5.41. The van der Waals surface area contributed by atoms with Crippen LogP contribution in [0.2, 0.25) is 0 Å². The maximum Gasteiger partial charge on any atom is 0.409 e. The van der Waals surface area contributed by atoms with Crippen LogP contribution in [-0.2, 0) is 27.4 Å². The van der Waals surface area contributed by atoms with Gasteiger partial charge >= 0.3 is 6.09 Å². The number of hydrogen-bond donors (Lipinski definition) is 2. The van der Waals surface area contributed by atoms with Crippen LogP contribution in [-0.4, -0.2) is 73.2 Å². The second-order valence-electron chi connectivity index (χ2n) is 10.1. The fraction of sp³-hybridized carbons (Fsp3) is 0.407. The molecule has 0 radical (unpaired) electrons. The zero-order valence-corrected chi connectivity index (χ0v) is 21.8. The van der Waals surface area contributed by atoms with Gasteiger partial charge in [-0.05, 0) is 49.6 Å². The van der Waals surface area contributed by atoms with Crippen LogP contribution in [0.25, 0.3) is 0 Å². The van der Waals surface area contributed by atoms with E-state index in [9.17, 15) is 23.6 Å². The largest absolute Gasteiger partial charge is 0.490 e. The van der Waals surface area contributed by atoms with Crippen molar-refractivity contribution in [1.29, 1.82) is 0 Å². The van der Waals surface area contributed by atoms with Gasteiger partial charge in [-0.15, -0.1) is 0 Å². The first kappa shape index (κ1) is 26.5. The number of hydrogen-bond acceptors (Lipinski definition) is 7. The molecule has 12 heteroatoms. The minimum atomic E-state index is -1.14. The molecule has 1 unspecified atom stereocenters. The van der Waals surface area contributed by atoms with E-state index in [1.54, 1.807) is 37.0 Å². The highest BCUT2D eigenvalue weighted by Gasteiger charge is 2.48. The van der Waals surface area contributed by atoms with Crippen molar-refractivity contribution in [3.8, 4) is 5.75 Å². The number of halogens is 1. The molecule has 2 aromatic rings. The molecule has 204 valence electrons. The highest BCUT2D eigenvalue weighted by molar-refractivity contribution is 6.32. The minimum Gasteiger partial charge on any atom is -0.490 e. The Bertz CT molecular complexity index is 1320. The van der Waals surface area contributed by atoms with Gasteiger partial charge in [-0.25, -0.2) is 9.18 Å². The first-order valence-electron chi connectivity index (χ1n) is 13.1. The van der Waals surface area contributed by atoms with Crippen LogP contribution in [0.1, 0.15) is 47.2 Å². The summed E-state index contributed by atoms with van der Waals surface area (Å²) in [6, 6.07) is 9.63. The van der Waals surface area contributed by atoms with Crippen LogP contribution in [0.4, 0.5) is 14.9 Å². The van der Waals surface area contributed by atoms with Crippen molar-refractivity contribution < 1.29 is 33.0 Å². The van der Waals surface area contributed by atoms with Gasteiger partial charge in [-0.1, -0.05) is 6.07 Å². The first-order valence-corrected chi connectivity index (χ1v) is 13.1. The smallest absolute Gasteiger partial charge is 0.409 e. The predicted molar refractivity (Wildman–Crippen MR) is 141 cm³/mol. The number of carbonyl (C=O) groups is 4. The van der Waals surface area contributed by atoms with Gasteiger partial charge in [0.1, 0.15) is 32.6 Å². The van der Waals surface area contributed by atoms with E-state index in [0.717, 1.165) is 12.8 Å². The second-order valence-corrected chi connectivity index (χ2v) is 10.1. The molecule has 1 atom stereocenters. The summed E-state index contributed by atoms with van der Waals surface area (Å²) < 4.78 is 25.5. The van der Waals surface area contributed by atoms with Gasteiger partial charge in [0.15, 0.2) is 0 Å². The molecule has 0 saturated carbocycles. The summed E-state index contributed by atoms with van der Waals surface area (Å²) in [5.41, 5.74) is 1.05. The Morgan fingerprint density at radius 3 is 2.69 bits per heavy atom. The molecule has 0 aliphatic carbocycles. The Labute approximate surface area is 226 Å². The number of piperidine rings is 1. The molecular weight excluding hydrogens is 506 g/mol. The number of carbonyl (C=O) groups excluding carboxylic acids is 4. The molecule has 3 aliphatic rings. The van der Waals surface area contributed by atoms with Crippen LogP contribution >= 0.6 is 0 Å². The lowest BCUT2D eigenvalue weighted by molar-refractivity contribution is -0.138. The van der Waals surface area contributed by atoms with Gasteiger partial charge in [0.2, 0.25) is 11.8 Å². The summed E-state index contributed by atoms with van der Waals surface area (Å²) in [4.78, 5) is 52.6. The van der Waals surface area contributed by atoms with E-state index in [2.05, 4.69) is 10.6 Å². The number of imide groups is 1. The van der Waals surface area contributed by atoms with E-state index >= 15 is 0 Å². The molecule has 0 bridgehead atoms. The van der Waals surface area contributed by atoms with Crippen LogP contribution in [0.5, 0.6) is 5.75 Å². The highest BCUT2D eigenvalue weighted by atomic mass is 19.1. The molecule has 5 rings (SSSR count). The lowest BCUT2D eigenvalue weighted by atomic mass is 9.70. The Hall–Kier alpha value is -4.09. The van der Waals surface area contributed by atoms with Gasteiger partial charge in [-0.2, -0.15) is 0 Å². The Kier molecular flexibility index (Phi) is 7.45. The zero-order valence-electron chi connectivity index (χ0n) is 21.8. The summed E-state index contributed by atoms with van der Waals surface area (Å²) in [5, 5.41) is 5.55. The van der Waals surface area contributed by atoms with Gasteiger partial charge < -0.3 is 24.6 Å². The number of nitrogens with one attached hydrogen (secondary N) is 2. The molecule has 2 aromatic carbocycles. The lowest BCUT2D eigenvalue weighted by Gasteiger charge is -2.40. The standard InChI is InChI=1S/C27H30BFN4O6/c28-27(9-8-23(34)31-25(27)36)33-16-20-19(24(33)35)4-3-5-22(20)30-15-17-14-18(6-7-21(17)29)38-12-13-39-26(37)32-10-1-2-11-32/h3-7,14,30H,1-2,8-13,15-16,28H2,(H,31,34,36). The number of ether oxygens (including phenoxy) is 2. The number of amides is 4. The lowest BCUT2D eigenvalue weighted by Crippen LogP contribution is -2.63. The number of benzene rings is 2. The first-order chi connectivity index (χ1) is 18.8. The van der Waals surface area contributed by atoms with E-state index in [1.165, 1.54) is 17.0 Å². The SMILES string of the molecule is BC1(N2Cc3c(NCc4cc(OCCOC(=O)N5CCCC5)ccc4F)cccc3C2=O)CCC(=O)NC1=O. The van der Waals surface area contributed by atoms with Crippen LogP contribution in [0.15, 0.2) is 36.4 Å². The minimum absolute atomic E-state index is 0.0894. The molecule has 10 nitrogen and oxygen atoms in total. The normalized spacial score (nSPS) is 20.6. The number of anilines is 1. The van der Waals surface area contributed by atoms with Crippen molar-refractivity contribution in [2.45, 2.75) is 44.2 Å². The monoisotopic (exact) mass is 536 g/mol. The summed E-state index contributed by atoms with van der Waals surface area (Å²) >= 11 is 0. The molecule has 4 amide bonds. The van der Waals surface area contributed by atoms with Crippen LogP contribution in [0, 0.1) is 5.82 Å². The van der Waals surface area contributed by atoms with Gasteiger partial charge in [0, 0.05) is 55.0 Å². The van der Waals surface area contributed by atoms with E-state index in [1.807, 2.05) is 0 Å². The zero-order chi connectivity index (χ0) is 27.6. The summed E-state index contributed by atoms with van der Waals surface area (Å²) in [6.45, 7) is 1.97. The highest BCUT2D eigenvalue weighted by Crippen LogP contribution is 2.36. The quantitative estimate of drug-likeness (QED) is 0.300. The molecule has 2 N–H and O–H groups in total. The summed E-state index contributed by atoms with van der Waals surface area (Å²) in [6.07, 6.45) is 2.02. The molecule has 0 spiro atoms. The fourth-order valence-electron chi connectivity index (χ4n) is 5.20. The number of rotatable bonds is 8. The Balaban J connectivity index is 1.21. The predicted octanol–water partition coefficient (Wildman–Crippen LogP) is 1.77. The Morgan fingerprint density at radius 1 is 1.13 bits per heavy atom. The third-order valence-electron chi connectivity index (χ3n) is 7.57. The molecule has 3 aliphatic heterocycles. The van der Waals surface area contributed by atoms with Crippen LogP contribution < -0.4 is 15.4 Å². The van der Waals surface area contributed by atoms with E-state index in [4.69, 9.17) is 9.47 Å². The molecule has 3 heterocycles. The number of likely N-dealkylation sites (tertiary alicyclic amines) is 1. The average molecular weight is 536 g/mol. The molecule has 2 saturated heterocycles. The maximum atomic E-state index is 14.6. The van der Waals surface area contributed by atoms with Gasteiger partial charge in [0.25, 0.3) is 5.91 Å². The topological polar surface area (TPSA) is 117 Å². The average Bonchev–Trinajstić information content (AvgIpc) is 3.58. The van der Waals surface area contributed by atoms with Crippen molar-refractivity contribution in [3.63, 3.8) is 0 Å². The van der Waals surface area contributed by atoms with E-state index in [0.29, 0.717) is 41.2 Å². The van der Waals surface area contributed by atoms with Crippen molar-refractivity contribution in [2.24, 2.45) is 0 Å². The van der Waals surface area contributed by atoms with Crippen LogP contribution in [0.3, 0.4) is 0 Å². The molecule has 2 fully saturated rings. The Morgan fingerprint density at radius 2 is 1.92 bits per heavy atom. The van der Waals surface area contributed by atoms with Crippen molar-refractivity contribution in [2.75, 3.05) is 31.6 Å². The molecule has 0 aromatic heterocycles. The number of fused-ring (bicyclic) bond motifs is 1. The van der Waals surface area contributed by atoms with Gasteiger partial charge in [-0.3, -0.25) is 19.7 Å². The third-order valence-corrected chi connectivity index (χ3v) is 7.57. The second kappa shape index (κ2) is 11.0. The fourth-order valence-corrected chi connectivity index (χ4v) is 5.20. The van der Waals surface area contributed by atoms with E-state index in [-0.39, 0.29) is 57.1 Å². The van der Waals surface area contributed by atoms with Gasteiger partial charge in [0.05, 0.1) is 5.44 Å². The summed E-state index contributed by atoms with van der Waals surface area (Å²) in [5.74, 6) is -1.10.